The summed E-state index contributed by atoms with van der Waals surface area (Å²) in [5, 5.41) is 8.39. The minimum atomic E-state index is -2.74. The van der Waals surface area contributed by atoms with Gasteiger partial charge in [-0.15, -0.1) is 12.4 Å². The largest absolute Gasteiger partial charge is 0.481 e. The highest BCUT2D eigenvalue weighted by atomic mass is 35.5. The first-order chi connectivity index (χ1) is 13.1. The Morgan fingerprint density at radius 2 is 0.806 bits per heavy atom. The topological polar surface area (TPSA) is 123 Å². The molecule has 0 saturated heterocycles. The summed E-state index contributed by atoms with van der Waals surface area (Å²) in [6, 6.07) is 0. The van der Waals surface area contributed by atoms with Crippen LogP contribution in [-0.4, -0.2) is 40.7 Å². The first-order valence-corrected chi connectivity index (χ1v) is 9.04. The van der Waals surface area contributed by atoms with E-state index in [1.54, 1.807) is 0 Å². The van der Waals surface area contributed by atoms with Crippen LogP contribution in [0.1, 0.15) is 59.3 Å². The summed E-state index contributed by atoms with van der Waals surface area (Å²) in [5.74, 6) is -10.4. The van der Waals surface area contributed by atoms with Crippen molar-refractivity contribution in [3.63, 3.8) is 0 Å². The molecule has 0 aromatic heterocycles. The summed E-state index contributed by atoms with van der Waals surface area (Å²) in [7, 11) is 0. The molecule has 3 rings (SSSR count). The second kappa shape index (κ2) is 8.67. The lowest BCUT2D eigenvalue weighted by Crippen LogP contribution is -2.51. The highest BCUT2D eigenvalue weighted by Crippen LogP contribution is 2.52. The fourth-order valence-corrected chi connectivity index (χ4v) is 3.77. The normalized spacial score (nSPS) is 26.2. The van der Waals surface area contributed by atoms with Crippen molar-refractivity contribution in [1.82, 2.24) is 0 Å². The van der Waals surface area contributed by atoms with Gasteiger partial charge in [0.1, 0.15) is 0 Å². The third-order valence-corrected chi connectivity index (χ3v) is 5.60. The number of primary amides is 2. The number of carboxylic acids is 1. The van der Waals surface area contributed by atoms with Crippen LogP contribution < -0.4 is 11.5 Å². The molecule has 0 aromatic rings. The van der Waals surface area contributed by atoms with E-state index in [1.807, 2.05) is 0 Å². The zero-order chi connectivity index (χ0) is 24.0. The Morgan fingerprint density at radius 3 is 0.871 bits per heavy atom. The van der Waals surface area contributed by atoms with Crippen LogP contribution in [0.5, 0.6) is 0 Å². The molecule has 31 heavy (non-hydrogen) atoms. The van der Waals surface area contributed by atoms with Crippen LogP contribution in [0.3, 0.4) is 0 Å². The van der Waals surface area contributed by atoms with Gasteiger partial charge in [0.2, 0.25) is 29.6 Å². The maximum atomic E-state index is 12.2. The molecule has 13 heteroatoms. The van der Waals surface area contributed by atoms with Crippen LogP contribution in [0.15, 0.2) is 0 Å². The van der Waals surface area contributed by atoms with Gasteiger partial charge in [0.25, 0.3) is 0 Å². The Hall–Kier alpha value is -1.72. The third-order valence-electron chi connectivity index (χ3n) is 5.60. The summed E-state index contributed by atoms with van der Waals surface area (Å²) in [6.45, 7) is 4.27. The van der Waals surface area contributed by atoms with Crippen LogP contribution >= 0.6 is 12.4 Å². The van der Waals surface area contributed by atoms with E-state index in [2.05, 4.69) is 0 Å². The molecule has 0 atom stereocenters. The van der Waals surface area contributed by atoms with E-state index in [0.717, 1.165) is 0 Å². The second-order valence-electron chi connectivity index (χ2n) is 9.34. The third kappa shape index (κ3) is 7.15. The molecule has 0 bridgehead atoms. The minimum absolute atomic E-state index is 0. The van der Waals surface area contributed by atoms with E-state index in [-0.39, 0.29) is 12.4 Å². The average Bonchev–Trinajstić information content (AvgIpc) is 2.41. The highest BCUT2D eigenvalue weighted by Gasteiger charge is 2.58. The lowest BCUT2D eigenvalue weighted by Gasteiger charge is -2.42. The zero-order valence-electron chi connectivity index (χ0n) is 17.2. The van der Waals surface area contributed by atoms with Crippen molar-refractivity contribution in [2.24, 2.45) is 27.7 Å². The van der Waals surface area contributed by atoms with Gasteiger partial charge >= 0.3 is 5.97 Å². The van der Waals surface area contributed by atoms with Crippen molar-refractivity contribution in [3.8, 4) is 0 Å². The molecular weight excluding hydrogens is 458 g/mol. The zero-order valence-corrected chi connectivity index (χ0v) is 18.1. The fourth-order valence-electron chi connectivity index (χ4n) is 3.77. The first-order valence-electron chi connectivity index (χ1n) is 9.04. The van der Waals surface area contributed by atoms with Gasteiger partial charge in [-0.25, -0.2) is 26.3 Å². The molecule has 0 radical (unpaired) electrons. The van der Waals surface area contributed by atoms with Gasteiger partial charge in [-0.3, -0.25) is 14.4 Å². The van der Waals surface area contributed by atoms with E-state index in [9.17, 15) is 40.7 Å². The molecule has 0 heterocycles. The van der Waals surface area contributed by atoms with Crippen LogP contribution in [-0.2, 0) is 14.4 Å². The number of nitrogens with two attached hydrogens (primary N) is 2. The first kappa shape index (κ1) is 29.3. The molecule has 0 unspecified atom stereocenters. The summed E-state index contributed by atoms with van der Waals surface area (Å²) in [5.41, 5.74) is 6.67. The number of hydrogen-bond donors (Lipinski definition) is 3. The number of hydrogen-bond acceptors (Lipinski definition) is 3. The number of alkyl halides is 6. The van der Waals surface area contributed by atoms with Gasteiger partial charge in [0.05, 0.1) is 16.2 Å². The number of amides is 2. The van der Waals surface area contributed by atoms with Crippen LogP contribution in [0.25, 0.3) is 0 Å². The summed E-state index contributed by atoms with van der Waals surface area (Å²) >= 11 is 0. The Labute approximate surface area is 181 Å². The maximum absolute atomic E-state index is 12.2. The van der Waals surface area contributed by atoms with E-state index < -0.39 is 90.3 Å². The number of rotatable bonds is 3. The van der Waals surface area contributed by atoms with Crippen molar-refractivity contribution >= 4 is 30.2 Å². The number of carbonyl (C=O) groups excluding carboxylic acids is 2. The summed E-state index contributed by atoms with van der Waals surface area (Å²) in [6.07, 6.45) is -2.61. The molecule has 3 aliphatic carbocycles. The SMILES string of the molecule is CC1(C(=O)O)CC(F)(F)C1.CC1(C(N)=O)CC(F)(F)C1.CC1(C(N)=O)CC(F)(F)C1.Cl. The Bertz CT molecular complexity index is 613. The fraction of sp³-hybridized carbons (Fsp3) is 0.833. The molecule has 3 saturated carbocycles. The number of aliphatic carboxylic acids is 1. The van der Waals surface area contributed by atoms with Crippen LogP contribution in [0.4, 0.5) is 26.3 Å². The summed E-state index contributed by atoms with van der Waals surface area (Å²) in [4.78, 5) is 31.2. The van der Waals surface area contributed by atoms with Crippen LogP contribution in [0.2, 0.25) is 0 Å². The molecular formula is C18H27ClF6N2O4. The predicted octanol–water partition coefficient (Wildman–Crippen LogP) is 3.74. The standard InChI is InChI=1S/2C6H9F2NO.C6H8F2O2.ClH/c3*1-5(4(9)10)2-6(7,8)3-5;/h2*2-3H2,1H3,(H2,9,10);2-3H2,1H3,(H,9,10);1H. The molecule has 6 nitrogen and oxygen atoms in total. The Balaban J connectivity index is 0.000000429. The summed E-state index contributed by atoms with van der Waals surface area (Å²) < 4.78 is 73.0. The minimum Gasteiger partial charge on any atom is -0.481 e. The maximum Gasteiger partial charge on any atom is 0.309 e. The predicted molar refractivity (Wildman–Crippen MR) is 100 cm³/mol. The Morgan fingerprint density at radius 1 is 0.613 bits per heavy atom. The molecule has 182 valence electrons. The van der Waals surface area contributed by atoms with E-state index in [1.165, 1.54) is 20.8 Å². The quantitative estimate of drug-likeness (QED) is 0.528. The highest BCUT2D eigenvalue weighted by molar-refractivity contribution is 5.85. The van der Waals surface area contributed by atoms with E-state index >= 15 is 0 Å². The van der Waals surface area contributed by atoms with E-state index in [0.29, 0.717) is 0 Å². The molecule has 2 amide bonds. The number of carboxylic acid groups (broad SMARTS) is 1. The van der Waals surface area contributed by atoms with Crippen molar-refractivity contribution in [2.45, 2.75) is 77.1 Å². The van der Waals surface area contributed by atoms with Gasteiger partial charge in [-0.2, -0.15) is 0 Å². The molecule has 0 spiro atoms. The van der Waals surface area contributed by atoms with Crippen molar-refractivity contribution < 1.29 is 45.8 Å². The van der Waals surface area contributed by atoms with Crippen molar-refractivity contribution in [2.75, 3.05) is 0 Å². The van der Waals surface area contributed by atoms with Gasteiger partial charge in [0.15, 0.2) is 0 Å². The molecule has 0 aromatic carbocycles. The molecule has 0 aliphatic heterocycles. The van der Waals surface area contributed by atoms with Gasteiger partial charge in [-0.05, 0) is 6.92 Å². The lowest BCUT2D eigenvalue weighted by molar-refractivity contribution is -0.189. The lowest BCUT2D eigenvalue weighted by atomic mass is 9.67. The Kier molecular flexibility index (Phi) is 8.19. The number of carbonyl (C=O) groups is 3. The van der Waals surface area contributed by atoms with Gasteiger partial charge in [-0.1, -0.05) is 13.8 Å². The van der Waals surface area contributed by atoms with Crippen molar-refractivity contribution in [1.29, 1.82) is 0 Å². The number of halogens is 7. The monoisotopic (exact) mass is 484 g/mol. The van der Waals surface area contributed by atoms with E-state index in [4.69, 9.17) is 16.6 Å². The molecule has 3 aliphatic rings. The molecule has 5 N–H and O–H groups in total. The smallest absolute Gasteiger partial charge is 0.309 e. The second-order valence-corrected chi connectivity index (χ2v) is 9.34. The van der Waals surface area contributed by atoms with Gasteiger partial charge < -0.3 is 16.6 Å². The molecule has 3 fully saturated rings. The average molecular weight is 485 g/mol. The van der Waals surface area contributed by atoms with Gasteiger partial charge in [0, 0.05) is 38.5 Å². The van der Waals surface area contributed by atoms with Crippen molar-refractivity contribution in [3.05, 3.63) is 0 Å². The van der Waals surface area contributed by atoms with Crippen LogP contribution in [0, 0.1) is 16.2 Å².